The Labute approximate surface area is 120 Å². The largest absolute Gasteiger partial charge is 0.352 e. The average Bonchev–Trinajstić information content (AvgIpc) is 2.49. The highest BCUT2D eigenvalue weighted by atomic mass is 16.1. The van der Waals surface area contributed by atoms with Gasteiger partial charge < -0.3 is 11.1 Å². The van der Waals surface area contributed by atoms with Crippen molar-refractivity contribution >= 4 is 5.91 Å². The van der Waals surface area contributed by atoms with Crippen molar-refractivity contribution in [1.29, 1.82) is 0 Å². The second-order valence-electron chi connectivity index (χ2n) is 6.27. The molecule has 0 spiro atoms. The number of nitrogens with one attached hydrogen (secondary N) is 1. The fourth-order valence-corrected chi connectivity index (χ4v) is 3.56. The van der Waals surface area contributed by atoms with Gasteiger partial charge in [-0.1, -0.05) is 37.1 Å². The molecule has 0 saturated heterocycles. The Bertz CT molecular complexity index is 486. The molecule has 1 saturated carbocycles. The second-order valence-corrected chi connectivity index (χ2v) is 6.27. The molecule has 0 bridgehead atoms. The zero-order valence-corrected chi connectivity index (χ0v) is 12.0. The lowest BCUT2D eigenvalue weighted by molar-refractivity contribution is -0.126. The summed E-state index contributed by atoms with van der Waals surface area (Å²) in [5.74, 6) is 0.334. The van der Waals surface area contributed by atoms with E-state index in [1.165, 1.54) is 24.0 Å². The van der Waals surface area contributed by atoms with E-state index >= 15 is 0 Å². The third-order valence-corrected chi connectivity index (χ3v) is 4.86. The molecule has 20 heavy (non-hydrogen) atoms. The van der Waals surface area contributed by atoms with Crippen LogP contribution >= 0.6 is 0 Å². The van der Waals surface area contributed by atoms with Gasteiger partial charge in [0.15, 0.2) is 0 Å². The predicted octanol–water partition coefficient (Wildman–Crippen LogP) is 2.18. The van der Waals surface area contributed by atoms with Crippen LogP contribution in [0.15, 0.2) is 24.3 Å². The third-order valence-electron chi connectivity index (χ3n) is 4.86. The maximum absolute atomic E-state index is 12.5. The van der Waals surface area contributed by atoms with Crippen LogP contribution in [0.1, 0.15) is 43.2 Å². The van der Waals surface area contributed by atoms with E-state index in [1.54, 1.807) is 0 Å². The van der Waals surface area contributed by atoms with Gasteiger partial charge in [0.05, 0.1) is 0 Å². The average molecular weight is 272 g/mol. The summed E-state index contributed by atoms with van der Waals surface area (Å²) < 4.78 is 0. The van der Waals surface area contributed by atoms with Crippen molar-refractivity contribution in [3.63, 3.8) is 0 Å². The second kappa shape index (κ2) is 5.96. The van der Waals surface area contributed by atoms with Gasteiger partial charge in [0.1, 0.15) is 0 Å². The molecule has 0 heterocycles. The molecule has 3 heteroatoms. The van der Waals surface area contributed by atoms with E-state index in [1.807, 2.05) is 0 Å². The third kappa shape index (κ3) is 2.88. The van der Waals surface area contributed by atoms with Gasteiger partial charge in [-0.05, 0) is 43.2 Å². The van der Waals surface area contributed by atoms with Gasteiger partial charge in [-0.2, -0.15) is 0 Å². The molecule has 1 aromatic carbocycles. The molecule has 1 fully saturated rings. The molecular weight excluding hydrogens is 248 g/mol. The molecule has 3 rings (SSSR count). The SMILES string of the molecule is NC1CCCCC1NC(=O)C1CCc2ccccc2C1. The molecule has 3 N–H and O–H groups in total. The number of carbonyl (C=O) groups is 1. The van der Waals surface area contributed by atoms with E-state index in [2.05, 4.69) is 29.6 Å². The van der Waals surface area contributed by atoms with Gasteiger partial charge in [0.25, 0.3) is 0 Å². The molecule has 0 radical (unpaired) electrons. The molecule has 0 aliphatic heterocycles. The van der Waals surface area contributed by atoms with Crippen LogP contribution in [0.25, 0.3) is 0 Å². The first-order valence-corrected chi connectivity index (χ1v) is 7.87. The Morgan fingerprint density at radius 1 is 1.10 bits per heavy atom. The minimum absolute atomic E-state index is 0.124. The van der Waals surface area contributed by atoms with Crippen molar-refractivity contribution in [2.75, 3.05) is 0 Å². The highest BCUT2D eigenvalue weighted by Crippen LogP contribution is 2.26. The Kier molecular flexibility index (Phi) is 4.06. The van der Waals surface area contributed by atoms with Crippen molar-refractivity contribution in [2.45, 2.75) is 57.0 Å². The fourth-order valence-electron chi connectivity index (χ4n) is 3.56. The standard InChI is InChI=1S/C17H24N2O/c18-15-7-3-4-8-16(15)19-17(20)14-10-9-12-5-1-2-6-13(12)11-14/h1-2,5-6,14-16H,3-4,7-11,18H2,(H,19,20). The first kappa shape index (κ1) is 13.6. The normalized spacial score (nSPS) is 29.6. The summed E-state index contributed by atoms with van der Waals surface area (Å²) in [6, 6.07) is 8.81. The summed E-state index contributed by atoms with van der Waals surface area (Å²) >= 11 is 0. The molecule has 2 aliphatic rings. The van der Waals surface area contributed by atoms with Crippen LogP contribution in [-0.4, -0.2) is 18.0 Å². The van der Waals surface area contributed by atoms with Gasteiger partial charge in [-0.15, -0.1) is 0 Å². The topological polar surface area (TPSA) is 55.1 Å². The number of hydrogen-bond acceptors (Lipinski definition) is 2. The van der Waals surface area contributed by atoms with Gasteiger partial charge in [-0.25, -0.2) is 0 Å². The molecular formula is C17H24N2O. The van der Waals surface area contributed by atoms with E-state index in [9.17, 15) is 4.79 Å². The van der Waals surface area contributed by atoms with E-state index in [-0.39, 0.29) is 23.9 Å². The van der Waals surface area contributed by atoms with Crippen molar-refractivity contribution in [1.82, 2.24) is 5.32 Å². The number of carbonyl (C=O) groups excluding carboxylic acids is 1. The number of nitrogens with two attached hydrogens (primary N) is 1. The zero-order valence-electron chi connectivity index (χ0n) is 12.0. The lowest BCUT2D eigenvalue weighted by Crippen LogP contribution is -2.51. The number of fused-ring (bicyclic) bond motifs is 1. The first-order valence-electron chi connectivity index (χ1n) is 7.87. The zero-order chi connectivity index (χ0) is 13.9. The van der Waals surface area contributed by atoms with Gasteiger partial charge in [0.2, 0.25) is 5.91 Å². The van der Waals surface area contributed by atoms with Crippen molar-refractivity contribution < 1.29 is 4.79 Å². The van der Waals surface area contributed by atoms with Crippen LogP contribution in [0.3, 0.4) is 0 Å². The van der Waals surface area contributed by atoms with Crippen molar-refractivity contribution in [2.24, 2.45) is 11.7 Å². The van der Waals surface area contributed by atoms with Gasteiger partial charge in [-0.3, -0.25) is 4.79 Å². The predicted molar refractivity (Wildman–Crippen MR) is 80.3 cm³/mol. The van der Waals surface area contributed by atoms with Gasteiger partial charge in [0, 0.05) is 18.0 Å². The van der Waals surface area contributed by atoms with E-state index < -0.39 is 0 Å². The summed E-state index contributed by atoms with van der Waals surface area (Å²) in [6.45, 7) is 0. The molecule has 108 valence electrons. The van der Waals surface area contributed by atoms with E-state index in [4.69, 9.17) is 5.73 Å². The Morgan fingerprint density at radius 3 is 2.65 bits per heavy atom. The summed E-state index contributed by atoms with van der Waals surface area (Å²) in [5, 5.41) is 3.21. The number of aryl methyl sites for hydroxylation is 1. The summed E-state index contributed by atoms with van der Waals surface area (Å²) in [5.41, 5.74) is 8.87. The first-order chi connectivity index (χ1) is 9.74. The molecule has 3 nitrogen and oxygen atoms in total. The molecule has 2 aliphatic carbocycles. The minimum Gasteiger partial charge on any atom is -0.352 e. The Morgan fingerprint density at radius 2 is 1.85 bits per heavy atom. The molecule has 0 aromatic heterocycles. The summed E-state index contributed by atoms with van der Waals surface area (Å²) in [6.07, 6.45) is 7.32. The molecule has 3 unspecified atom stereocenters. The summed E-state index contributed by atoms with van der Waals surface area (Å²) in [7, 11) is 0. The number of amides is 1. The highest BCUT2D eigenvalue weighted by Gasteiger charge is 2.28. The van der Waals surface area contributed by atoms with E-state index in [0.29, 0.717) is 0 Å². The van der Waals surface area contributed by atoms with Crippen LogP contribution in [0, 0.1) is 5.92 Å². The fraction of sp³-hybridized carbons (Fsp3) is 0.588. The van der Waals surface area contributed by atoms with E-state index in [0.717, 1.165) is 32.1 Å². The van der Waals surface area contributed by atoms with Crippen LogP contribution in [-0.2, 0) is 17.6 Å². The van der Waals surface area contributed by atoms with Crippen molar-refractivity contribution in [3.05, 3.63) is 35.4 Å². The molecule has 3 atom stereocenters. The lowest BCUT2D eigenvalue weighted by atomic mass is 9.83. The maximum atomic E-state index is 12.5. The summed E-state index contributed by atoms with van der Waals surface area (Å²) in [4.78, 5) is 12.5. The van der Waals surface area contributed by atoms with Crippen LogP contribution < -0.4 is 11.1 Å². The quantitative estimate of drug-likeness (QED) is 0.867. The maximum Gasteiger partial charge on any atom is 0.223 e. The molecule has 1 amide bonds. The number of hydrogen-bond donors (Lipinski definition) is 2. The Balaban J connectivity index is 1.61. The highest BCUT2D eigenvalue weighted by molar-refractivity contribution is 5.79. The molecule has 1 aromatic rings. The van der Waals surface area contributed by atoms with Crippen molar-refractivity contribution in [3.8, 4) is 0 Å². The monoisotopic (exact) mass is 272 g/mol. The lowest BCUT2D eigenvalue weighted by Gasteiger charge is -2.32. The Hall–Kier alpha value is -1.35. The van der Waals surface area contributed by atoms with Crippen LogP contribution in [0.2, 0.25) is 0 Å². The van der Waals surface area contributed by atoms with Crippen LogP contribution in [0.4, 0.5) is 0 Å². The number of rotatable bonds is 2. The minimum atomic E-state index is 0.124. The smallest absolute Gasteiger partial charge is 0.223 e. The number of benzene rings is 1. The van der Waals surface area contributed by atoms with Gasteiger partial charge >= 0.3 is 0 Å². The van der Waals surface area contributed by atoms with Crippen LogP contribution in [0.5, 0.6) is 0 Å².